The molecular weight excluding hydrogens is 460 g/mol. The molecule has 0 N–H and O–H groups in total. The average molecular weight is 478 g/mol. The van der Waals surface area contributed by atoms with Crippen LogP contribution in [0.1, 0.15) is 16.5 Å². The van der Waals surface area contributed by atoms with Gasteiger partial charge >= 0.3 is 0 Å². The second-order valence-corrected chi connectivity index (χ2v) is 8.77. The molecule has 0 bridgehead atoms. The summed E-state index contributed by atoms with van der Waals surface area (Å²) in [5, 5.41) is 0.684. The number of methoxy groups -OCH3 is 1. The number of nitrogens with zero attached hydrogens (tertiary/aromatic N) is 1. The number of carbonyl (C=O) groups is 1. The first-order chi connectivity index (χ1) is 15.0. The molecule has 1 heterocycles. The molecule has 3 aromatic rings. The largest absolute Gasteiger partial charge is 0.493 e. The van der Waals surface area contributed by atoms with E-state index in [2.05, 4.69) is 0 Å². The lowest BCUT2D eigenvalue weighted by atomic mass is 10.1. The van der Waals surface area contributed by atoms with Gasteiger partial charge in [0.2, 0.25) is 5.91 Å². The van der Waals surface area contributed by atoms with E-state index in [1.54, 1.807) is 35.2 Å². The third kappa shape index (κ3) is 4.76. The molecule has 8 heteroatoms. The topological polar surface area (TPSA) is 38.8 Å². The summed E-state index contributed by atoms with van der Waals surface area (Å²) in [7, 11) is 1.52. The van der Waals surface area contributed by atoms with E-state index in [1.165, 1.54) is 31.0 Å². The maximum absolute atomic E-state index is 13.4. The molecule has 4 rings (SSSR count). The zero-order valence-corrected chi connectivity index (χ0v) is 18.8. The zero-order chi connectivity index (χ0) is 22.0. The van der Waals surface area contributed by atoms with Crippen LogP contribution in [0.4, 0.5) is 10.1 Å². The minimum Gasteiger partial charge on any atom is -0.493 e. The molecule has 4 nitrogen and oxygen atoms in total. The molecule has 31 heavy (non-hydrogen) atoms. The number of benzene rings is 3. The van der Waals surface area contributed by atoms with Crippen molar-refractivity contribution in [1.29, 1.82) is 0 Å². The van der Waals surface area contributed by atoms with E-state index < -0.39 is 0 Å². The Hall–Kier alpha value is -2.41. The predicted molar refractivity (Wildman–Crippen MR) is 123 cm³/mol. The van der Waals surface area contributed by atoms with E-state index in [4.69, 9.17) is 32.7 Å². The monoisotopic (exact) mass is 477 g/mol. The van der Waals surface area contributed by atoms with Gasteiger partial charge in [-0.2, -0.15) is 0 Å². The van der Waals surface area contributed by atoms with Crippen LogP contribution in [0.3, 0.4) is 0 Å². The first kappa shape index (κ1) is 21.8. The van der Waals surface area contributed by atoms with Gasteiger partial charge in [0, 0.05) is 10.7 Å². The summed E-state index contributed by atoms with van der Waals surface area (Å²) in [4.78, 5) is 14.3. The number of rotatable bonds is 6. The van der Waals surface area contributed by atoms with E-state index >= 15 is 0 Å². The summed E-state index contributed by atoms with van der Waals surface area (Å²) >= 11 is 14.0. The molecule has 0 spiro atoms. The Morgan fingerprint density at radius 3 is 2.61 bits per heavy atom. The van der Waals surface area contributed by atoms with Gasteiger partial charge in [-0.15, -0.1) is 11.8 Å². The average Bonchev–Trinajstić information content (AvgIpc) is 3.14. The van der Waals surface area contributed by atoms with Gasteiger partial charge in [-0.1, -0.05) is 35.3 Å². The number of anilines is 1. The second kappa shape index (κ2) is 9.39. The first-order valence-corrected chi connectivity index (χ1v) is 11.2. The number of halogens is 3. The van der Waals surface area contributed by atoms with E-state index in [0.29, 0.717) is 32.9 Å². The number of hydrogen-bond donors (Lipinski definition) is 0. The van der Waals surface area contributed by atoms with Crippen molar-refractivity contribution in [3.63, 3.8) is 0 Å². The summed E-state index contributed by atoms with van der Waals surface area (Å²) in [5.41, 5.74) is 2.24. The lowest BCUT2D eigenvalue weighted by Crippen LogP contribution is -2.27. The van der Waals surface area contributed by atoms with Gasteiger partial charge in [0.1, 0.15) is 17.8 Å². The van der Waals surface area contributed by atoms with Crippen molar-refractivity contribution in [2.75, 3.05) is 17.8 Å². The molecule has 1 saturated heterocycles. The van der Waals surface area contributed by atoms with Crippen molar-refractivity contribution in [2.24, 2.45) is 0 Å². The van der Waals surface area contributed by atoms with Crippen LogP contribution < -0.4 is 14.4 Å². The number of thioether (sulfide) groups is 1. The molecule has 0 aliphatic carbocycles. The molecular formula is C23H18Cl2FNO3S. The van der Waals surface area contributed by atoms with Crippen LogP contribution >= 0.6 is 35.0 Å². The van der Waals surface area contributed by atoms with Crippen LogP contribution in [0.5, 0.6) is 11.5 Å². The van der Waals surface area contributed by atoms with Crippen LogP contribution in [0, 0.1) is 5.82 Å². The Kier molecular flexibility index (Phi) is 6.60. The van der Waals surface area contributed by atoms with Crippen molar-refractivity contribution in [3.05, 3.63) is 87.7 Å². The Balaban J connectivity index is 1.62. The molecule has 0 aromatic heterocycles. The Morgan fingerprint density at radius 2 is 1.90 bits per heavy atom. The minimum absolute atomic E-state index is 0.00107. The highest BCUT2D eigenvalue weighted by Gasteiger charge is 2.35. The highest BCUT2D eigenvalue weighted by atomic mass is 35.5. The smallest absolute Gasteiger partial charge is 0.238 e. The Bertz CT molecular complexity index is 1110. The predicted octanol–water partition coefficient (Wildman–Crippen LogP) is 6.50. The lowest BCUT2D eigenvalue weighted by molar-refractivity contribution is -0.115. The van der Waals surface area contributed by atoms with Crippen LogP contribution in [-0.4, -0.2) is 18.8 Å². The molecule has 1 aliphatic rings. The van der Waals surface area contributed by atoms with Gasteiger partial charge < -0.3 is 9.47 Å². The van der Waals surface area contributed by atoms with Crippen molar-refractivity contribution >= 4 is 46.6 Å². The molecule has 0 saturated carbocycles. The summed E-state index contributed by atoms with van der Waals surface area (Å²) in [6, 6.07) is 16.9. The fourth-order valence-electron chi connectivity index (χ4n) is 3.36. The molecule has 1 fully saturated rings. The van der Waals surface area contributed by atoms with E-state index in [0.717, 1.165) is 11.3 Å². The summed E-state index contributed by atoms with van der Waals surface area (Å²) in [6.45, 7) is 0.140. The highest BCUT2D eigenvalue weighted by Crippen LogP contribution is 2.46. The lowest BCUT2D eigenvalue weighted by Gasteiger charge is -2.25. The third-order valence-electron chi connectivity index (χ3n) is 4.78. The summed E-state index contributed by atoms with van der Waals surface area (Å²) < 4.78 is 24.8. The van der Waals surface area contributed by atoms with Crippen LogP contribution in [0.25, 0.3) is 0 Å². The maximum Gasteiger partial charge on any atom is 0.238 e. The SMILES string of the molecule is COc1cc([C@H]2SCC(=O)N2c2ccc(Cl)cc2)cc(Cl)c1OCc1cccc(F)c1. The molecule has 0 radical (unpaired) electrons. The highest BCUT2D eigenvalue weighted by molar-refractivity contribution is 8.00. The maximum atomic E-state index is 13.4. The molecule has 1 atom stereocenters. The fraction of sp³-hybridized carbons (Fsp3) is 0.174. The molecule has 0 unspecified atom stereocenters. The van der Waals surface area contributed by atoms with Gasteiger partial charge in [-0.05, 0) is 59.7 Å². The van der Waals surface area contributed by atoms with Crippen molar-refractivity contribution in [3.8, 4) is 11.5 Å². The number of amides is 1. The summed E-state index contributed by atoms with van der Waals surface area (Å²) in [6.07, 6.45) is 0. The van der Waals surface area contributed by atoms with Gasteiger partial charge in [0.15, 0.2) is 11.5 Å². The normalized spacial score (nSPS) is 15.9. The molecule has 3 aromatic carbocycles. The molecule has 1 aliphatic heterocycles. The quantitative estimate of drug-likeness (QED) is 0.406. The summed E-state index contributed by atoms with van der Waals surface area (Å²) in [5.74, 6) is 0.823. The minimum atomic E-state index is -0.334. The van der Waals surface area contributed by atoms with Crippen molar-refractivity contribution in [1.82, 2.24) is 0 Å². The zero-order valence-electron chi connectivity index (χ0n) is 16.5. The number of carbonyl (C=O) groups excluding carboxylic acids is 1. The van der Waals surface area contributed by atoms with Gasteiger partial charge in [-0.25, -0.2) is 4.39 Å². The van der Waals surface area contributed by atoms with Crippen LogP contribution in [0.15, 0.2) is 60.7 Å². The molecule has 1 amide bonds. The van der Waals surface area contributed by atoms with Gasteiger partial charge in [-0.3, -0.25) is 9.69 Å². The van der Waals surface area contributed by atoms with Crippen LogP contribution in [-0.2, 0) is 11.4 Å². The number of hydrogen-bond acceptors (Lipinski definition) is 4. The third-order valence-corrected chi connectivity index (χ3v) is 6.53. The second-order valence-electron chi connectivity index (χ2n) is 6.86. The van der Waals surface area contributed by atoms with E-state index in [9.17, 15) is 9.18 Å². The van der Waals surface area contributed by atoms with Gasteiger partial charge in [0.25, 0.3) is 0 Å². The van der Waals surface area contributed by atoms with E-state index in [1.807, 2.05) is 18.2 Å². The van der Waals surface area contributed by atoms with Crippen molar-refractivity contribution < 1.29 is 18.7 Å². The molecule has 160 valence electrons. The van der Waals surface area contributed by atoms with Gasteiger partial charge in [0.05, 0.1) is 17.9 Å². The van der Waals surface area contributed by atoms with E-state index in [-0.39, 0.29) is 23.7 Å². The number of ether oxygens (including phenoxy) is 2. The van der Waals surface area contributed by atoms with Crippen molar-refractivity contribution in [2.45, 2.75) is 12.0 Å². The Morgan fingerprint density at radius 1 is 1.13 bits per heavy atom. The standard InChI is InChI=1S/C23H18Cl2FNO3S/c1-29-20-11-15(10-19(25)22(20)30-12-14-3-2-4-17(26)9-14)23-27(21(28)13-31-23)18-7-5-16(24)6-8-18/h2-11,23H,12-13H2,1H3/t23-/m1/s1. The Labute approximate surface area is 193 Å². The van der Waals surface area contributed by atoms with Crippen LogP contribution in [0.2, 0.25) is 10.0 Å². The first-order valence-electron chi connectivity index (χ1n) is 9.40. The fourth-order valence-corrected chi connectivity index (χ4v) is 4.91.